The first-order valence-corrected chi connectivity index (χ1v) is 8.63. The number of amides is 4. The number of rotatable bonds is 6. The van der Waals surface area contributed by atoms with Crippen molar-refractivity contribution < 1.29 is 14.4 Å². The minimum atomic E-state index is -0.394. The van der Waals surface area contributed by atoms with E-state index in [1.54, 1.807) is 36.4 Å². The first-order chi connectivity index (χ1) is 12.9. The molecule has 3 N–H and O–H groups in total. The fourth-order valence-corrected chi connectivity index (χ4v) is 2.41. The predicted molar refractivity (Wildman–Crippen MR) is 106 cm³/mol. The van der Waals surface area contributed by atoms with Crippen LogP contribution in [-0.4, -0.2) is 42.4 Å². The van der Waals surface area contributed by atoms with E-state index in [9.17, 15) is 14.4 Å². The van der Waals surface area contributed by atoms with Gasteiger partial charge in [-0.1, -0.05) is 30.3 Å². The lowest BCUT2D eigenvalue weighted by atomic mass is 10.1. The number of hydrogen-bond acceptors (Lipinski definition) is 3. The molecule has 0 aliphatic carbocycles. The van der Waals surface area contributed by atoms with Crippen molar-refractivity contribution in [1.82, 2.24) is 10.2 Å². The lowest BCUT2D eigenvalue weighted by Crippen LogP contribution is -2.37. The second-order valence-corrected chi connectivity index (χ2v) is 6.37. The summed E-state index contributed by atoms with van der Waals surface area (Å²) >= 11 is 0. The first-order valence-electron chi connectivity index (χ1n) is 8.63. The normalized spacial score (nSPS) is 10.2. The molecular weight excluding hydrogens is 344 g/mol. The lowest BCUT2D eigenvalue weighted by molar-refractivity contribution is -0.116. The molecule has 0 aliphatic rings. The Morgan fingerprint density at radius 3 is 2.22 bits per heavy atom. The summed E-state index contributed by atoms with van der Waals surface area (Å²) in [5.41, 5.74) is 1.36. The van der Waals surface area contributed by atoms with Crippen LogP contribution in [0.4, 0.5) is 16.2 Å². The van der Waals surface area contributed by atoms with Crippen molar-refractivity contribution in [3.05, 3.63) is 60.2 Å². The highest BCUT2D eigenvalue weighted by Crippen LogP contribution is 2.17. The van der Waals surface area contributed by atoms with Crippen molar-refractivity contribution in [1.29, 1.82) is 0 Å². The van der Waals surface area contributed by atoms with E-state index >= 15 is 0 Å². The first kappa shape index (κ1) is 20.0. The molecule has 27 heavy (non-hydrogen) atoms. The third kappa shape index (κ3) is 6.14. The lowest BCUT2D eigenvalue weighted by Gasteiger charge is -2.19. The van der Waals surface area contributed by atoms with Gasteiger partial charge in [0.05, 0.1) is 17.8 Å². The van der Waals surface area contributed by atoms with E-state index < -0.39 is 6.03 Å². The zero-order valence-corrected chi connectivity index (χ0v) is 15.7. The zero-order valence-electron chi connectivity index (χ0n) is 15.7. The van der Waals surface area contributed by atoms with Crippen LogP contribution in [-0.2, 0) is 4.79 Å². The molecule has 2 rings (SSSR count). The molecular formula is C20H24N4O3. The van der Waals surface area contributed by atoms with E-state index in [0.717, 1.165) is 0 Å². The molecule has 7 heteroatoms. The predicted octanol–water partition coefficient (Wildman–Crippen LogP) is 2.93. The molecule has 0 atom stereocenters. The van der Waals surface area contributed by atoms with Crippen LogP contribution in [0.25, 0.3) is 0 Å². The highest BCUT2D eigenvalue weighted by molar-refractivity contribution is 6.05. The molecule has 0 heterocycles. The number of nitrogens with zero attached hydrogens (tertiary/aromatic N) is 1. The van der Waals surface area contributed by atoms with Crippen LogP contribution in [0, 0.1) is 0 Å². The fourth-order valence-electron chi connectivity index (χ4n) is 2.41. The molecule has 2 aromatic carbocycles. The van der Waals surface area contributed by atoms with E-state index in [1.165, 1.54) is 11.9 Å². The van der Waals surface area contributed by atoms with Gasteiger partial charge in [0.15, 0.2) is 0 Å². The summed E-state index contributed by atoms with van der Waals surface area (Å²) in [6.45, 7) is 3.58. The van der Waals surface area contributed by atoms with Crippen LogP contribution >= 0.6 is 0 Å². The average Bonchev–Trinajstić information content (AvgIpc) is 2.61. The zero-order chi connectivity index (χ0) is 19.8. The van der Waals surface area contributed by atoms with Crippen molar-refractivity contribution in [3.63, 3.8) is 0 Å². The van der Waals surface area contributed by atoms with Gasteiger partial charge in [0.2, 0.25) is 5.91 Å². The van der Waals surface area contributed by atoms with Gasteiger partial charge in [-0.15, -0.1) is 0 Å². The molecule has 2 aromatic rings. The average molecular weight is 368 g/mol. The summed E-state index contributed by atoms with van der Waals surface area (Å²) in [6.07, 6.45) is 0. The number of nitrogens with one attached hydrogen (secondary N) is 3. The summed E-state index contributed by atoms with van der Waals surface area (Å²) < 4.78 is 0. The largest absolute Gasteiger partial charge is 0.336 e. The van der Waals surface area contributed by atoms with Crippen LogP contribution in [0.2, 0.25) is 0 Å². The van der Waals surface area contributed by atoms with Gasteiger partial charge in [-0.3, -0.25) is 9.59 Å². The van der Waals surface area contributed by atoms with E-state index in [1.807, 2.05) is 32.0 Å². The van der Waals surface area contributed by atoms with Crippen LogP contribution in [0.5, 0.6) is 0 Å². The summed E-state index contributed by atoms with van der Waals surface area (Å²) in [5.74, 6) is -0.668. The number of anilines is 2. The van der Waals surface area contributed by atoms with Crippen molar-refractivity contribution in [3.8, 4) is 0 Å². The smallest absolute Gasteiger partial charge is 0.319 e. The van der Waals surface area contributed by atoms with Crippen LogP contribution in [0.15, 0.2) is 54.6 Å². The van der Waals surface area contributed by atoms with Crippen molar-refractivity contribution in [2.75, 3.05) is 24.2 Å². The van der Waals surface area contributed by atoms with Crippen molar-refractivity contribution in [2.45, 2.75) is 19.9 Å². The number of carbonyl (C=O) groups is 3. The summed E-state index contributed by atoms with van der Waals surface area (Å²) in [7, 11) is 1.54. The Hall–Kier alpha value is -3.35. The van der Waals surface area contributed by atoms with Crippen LogP contribution < -0.4 is 16.0 Å². The van der Waals surface area contributed by atoms with Crippen molar-refractivity contribution >= 4 is 29.2 Å². The van der Waals surface area contributed by atoms with Gasteiger partial charge < -0.3 is 20.9 Å². The molecule has 0 aliphatic heterocycles. The molecule has 0 bridgehead atoms. The fraction of sp³-hybridized carbons (Fsp3) is 0.250. The minimum Gasteiger partial charge on any atom is -0.336 e. The second kappa shape index (κ2) is 9.38. The number of carbonyl (C=O) groups excluding carboxylic acids is 3. The summed E-state index contributed by atoms with van der Waals surface area (Å²) in [6, 6.07) is 15.3. The maximum Gasteiger partial charge on any atom is 0.319 e. The molecule has 0 unspecified atom stereocenters. The Morgan fingerprint density at radius 2 is 1.56 bits per heavy atom. The Morgan fingerprint density at radius 1 is 0.926 bits per heavy atom. The minimum absolute atomic E-state index is 0.0304. The molecule has 142 valence electrons. The quantitative estimate of drug-likeness (QED) is 0.732. The number of hydrogen-bond donors (Lipinski definition) is 3. The van der Waals surface area contributed by atoms with Gasteiger partial charge in [0, 0.05) is 18.8 Å². The monoisotopic (exact) mass is 368 g/mol. The molecule has 7 nitrogen and oxygen atoms in total. The molecule has 4 amide bonds. The van der Waals surface area contributed by atoms with Crippen molar-refractivity contribution in [2.24, 2.45) is 0 Å². The molecule has 0 spiro atoms. The molecule has 0 saturated carbocycles. The molecule has 0 aromatic heterocycles. The molecule has 0 fully saturated rings. The molecule has 0 radical (unpaired) electrons. The maximum atomic E-state index is 12.7. The second-order valence-electron chi connectivity index (χ2n) is 6.37. The van der Waals surface area contributed by atoms with E-state index in [2.05, 4.69) is 16.0 Å². The highest BCUT2D eigenvalue weighted by Gasteiger charge is 2.19. The van der Waals surface area contributed by atoms with Gasteiger partial charge >= 0.3 is 6.03 Å². The SMILES string of the molecule is CC(C)NC(=O)Nc1ccccc1C(=O)N(C)CC(=O)Nc1ccccc1. The van der Waals surface area contributed by atoms with Gasteiger partial charge in [-0.2, -0.15) is 0 Å². The van der Waals surface area contributed by atoms with E-state index in [4.69, 9.17) is 0 Å². The van der Waals surface area contributed by atoms with E-state index in [0.29, 0.717) is 16.9 Å². The standard InChI is InChI=1S/C20H24N4O3/c1-14(2)21-20(27)23-17-12-8-7-11-16(17)19(26)24(3)13-18(25)22-15-9-5-4-6-10-15/h4-12,14H,13H2,1-3H3,(H,22,25)(H2,21,23,27). The summed E-state index contributed by atoms with van der Waals surface area (Å²) in [5, 5.41) is 8.11. The number of para-hydroxylation sites is 2. The van der Waals surface area contributed by atoms with E-state index in [-0.39, 0.29) is 24.4 Å². The van der Waals surface area contributed by atoms with Crippen LogP contribution in [0.3, 0.4) is 0 Å². The van der Waals surface area contributed by atoms with Gasteiger partial charge in [-0.25, -0.2) is 4.79 Å². The number of benzene rings is 2. The Kier molecular flexibility index (Phi) is 6.93. The van der Waals surface area contributed by atoms with Gasteiger partial charge in [-0.05, 0) is 38.1 Å². The Balaban J connectivity index is 2.03. The maximum absolute atomic E-state index is 12.7. The van der Waals surface area contributed by atoms with Gasteiger partial charge in [0.25, 0.3) is 5.91 Å². The summed E-state index contributed by atoms with van der Waals surface area (Å²) in [4.78, 5) is 38.1. The Bertz CT molecular complexity index is 806. The highest BCUT2D eigenvalue weighted by atomic mass is 16.2. The molecule has 0 saturated heterocycles. The number of likely N-dealkylation sites (N-methyl/N-ethyl adjacent to an activating group) is 1. The Labute approximate surface area is 158 Å². The third-order valence-corrected chi connectivity index (χ3v) is 3.61. The van der Waals surface area contributed by atoms with Gasteiger partial charge in [0.1, 0.15) is 0 Å². The topological polar surface area (TPSA) is 90.5 Å². The number of urea groups is 1. The third-order valence-electron chi connectivity index (χ3n) is 3.61. The van der Waals surface area contributed by atoms with Crippen LogP contribution in [0.1, 0.15) is 24.2 Å².